The van der Waals surface area contributed by atoms with Crippen molar-refractivity contribution in [1.29, 1.82) is 0 Å². The summed E-state index contributed by atoms with van der Waals surface area (Å²) in [5, 5.41) is 6.63. The first-order valence-corrected chi connectivity index (χ1v) is 9.26. The Morgan fingerprint density at radius 3 is 2.67 bits per heavy atom. The fraction of sp³-hybridized carbons (Fsp3) is 0.632. The van der Waals surface area contributed by atoms with Gasteiger partial charge in [0.05, 0.1) is 0 Å². The van der Waals surface area contributed by atoms with Crippen LogP contribution in [-0.4, -0.2) is 62.2 Å². The zero-order valence-electron chi connectivity index (χ0n) is 14.7. The Balaban J connectivity index is 1.35. The van der Waals surface area contributed by atoms with Gasteiger partial charge in [-0.1, -0.05) is 18.2 Å². The van der Waals surface area contributed by atoms with Gasteiger partial charge in [0.1, 0.15) is 0 Å². The van der Waals surface area contributed by atoms with Crippen LogP contribution < -0.4 is 15.5 Å². The van der Waals surface area contributed by atoms with Crippen molar-refractivity contribution in [3.05, 3.63) is 30.3 Å². The van der Waals surface area contributed by atoms with Crippen molar-refractivity contribution in [3.63, 3.8) is 0 Å². The number of amides is 1. The van der Waals surface area contributed by atoms with E-state index in [1.54, 1.807) is 0 Å². The van der Waals surface area contributed by atoms with Gasteiger partial charge in [0.2, 0.25) is 5.91 Å². The minimum absolute atomic E-state index is 0.208. The number of hydrogen-bond acceptors (Lipinski definition) is 4. The van der Waals surface area contributed by atoms with Crippen LogP contribution in [0.2, 0.25) is 0 Å². The molecule has 2 fully saturated rings. The molecule has 2 saturated heterocycles. The van der Waals surface area contributed by atoms with Gasteiger partial charge in [-0.05, 0) is 38.4 Å². The van der Waals surface area contributed by atoms with Crippen LogP contribution in [0.5, 0.6) is 0 Å². The van der Waals surface area contributed by atoms with Crippen LogP contribution >= 0.6 is 0 Å². The molecule has 0 spiro atoms. The second kappa shape index (κ2) is 8.49. The van der Waals surface area contributed by atoms with Crippen molar-refractivity contribution < 1.29 is 4.79 Å². The van der Waals surface area contributed by atoms with Gasteiger partial charge in [-0.25, -0.2) is 0 Å². The molecule has 5 nitrogen and oxygen atoms in total. The van der Waals surface area contributed by atoms with Gasteiger partial charge in [0.25, 0.3) is 0 Å². The number of rotatable bonds is 5. The number of piperidine rings is 1. The highest BCUT2D eigenvalue weighted by atomic mass is 16.1. The van der Waals surface area contributed by atoms with Crippen molar-refractivity contribution >= 4 is 11.6 Å². The fourth-order valence-electron chi connectivity index (χ4n) is 3.69. The highest BCUT2D eigenvalue weighted by Gasteiger charge is 2.21. The zero-order chi connectivity index (χ0) is 16.8. The summed E-state index contributed by atoms with van der Waals surface area (Å²) in [7, 11) is 0. The predicted molar refractivity (Wildman–Crippen MR) is 98.3 cm³/mol. The van der Waals surface area contributed by atoms with Crippen LogP contribution in [0.15, 0.2) is 30.3 Å². The van der Waals surface area contributed by atoms with Gasteiger partial charge in [0.15, 0.2) is 0 Å². The van der Waals surface area contributed by atoms with Crippen LogP contribution in [0.3, 0.4) is 0 Å². The highest BCUT2D eigenvalue weighted by Crippen LogP contribution is 2.15. The number of carbonyl (C=O) groups is 1. The number of nitrogens with zero attached hydrogens (tertiary/aromatic N) is 2. The molecule has 2 N–H and O–H groups in total. The summed E-state index contributed by atoms with van der Waals surface area (Å²) in [5.74, 6) is 0.208. The summed E-state index contributed by atoms with van der Waals surface area (Å²) in [6, 6.07) is 11.4. The molecule has 132 valence electrons. The normalized spacial score (nSPS) is 25.5. The maximum Gasteiger partial charge on any atom is 0.221 e. The van der Waals surface area contributed by atoms with E-state index < -0.39 is 0 Å². The minimum atomic E-state index is 0.208. The van der Waals surface area contributed by atoms with Gasteiger partial charge < -0.3 is 15.5 Å². The molecule has 0 bridgehead atoms. The Morgan fingerprint density at radius 1 is 1.21 bits per heavy atom. The molecule has 1 aromatic rings. The summed E-state index contributed by atoms with van der Waals surface area (Å²) in [6.45, 7) is 8.21. The SMILES string of the molecule is CC1CC(NC(=O)CCN2CCN(c3ccccc3)CC2)CCN1. The largest absolute Gasteiger partial charge is 0.369 e. The molecule has 1 amide bonds. The summed E-state index contributed by atoms with van der Waals surface area (Å²) >= 11 is 0. The number of hydrogen-bond donors (Lipinski definition) is 2. The molecule has 0 aromatic heterocycles. The number of anilines is 1. The molecular formula is C19H30N4O. The number of nitrogens with one attached hydrogen (secondary N) is 2. The smallest absolute Gasteiger partial charge is 0.221 e. The maximum absolute atomic E-state index is 12.2. The molecule has 24 heavy (non-hydrogen) atoms. The van der Waals surface area contributed by atoms with Crippen LogP contribution in [0.1, 0.15) is 26.2 Å². The minimum Gasteiger partial charge on any atom is -0.369 e. The molecule has 2 aliphatic rings. The second-order valence-corrected chi connectivity index (χ2v) is 7.06. The van der Waals surface area contributed by atoms with E-state index in [1.807, 2.05) is 0 Å². The first-order valence-electron chi connectivity index (χ1n) is 9.26. The Hall–Kier alpha value is -1.59. The fourth-order valence-corrected chi connectivity index (χ4v) is 3.69. The topological polar surface area (TPSA) is 47.6 Å². The van der Waals surface area contributed by atoms with Crippen LogP contribution in [0.25, 0.3) is 0 Å². The van der Waals surface area contributed by atoms with Gasteiger partial charge in [-0.2, -0.15) is 0 Å². The van der Waals surface area contributed by atoms with Crippen LogP contribution in [-0.2, 0) is 4.79 Å². The quantitative estimate of drug-likeness (QED) is 0.858. The van der Waals surface area contributed by atoms with E-state index in [9.17, 15) is 4.79 Å². The summed E-state index contributed by atoms with van der Waals surface area (Å²) in [5.41, 5.74) is 1.30. The monoisotopic (exact) mass is 330 g/mol. The van der Waals surface area contributed by atoms with Crippen LogP contribution in [0, 0.1) is 0 Å². The molecule has 5 heteroatoms. The Kier molecular flexibility index (Phi) is 6.10. The Bertz CT molecular complexity index is 513. The molecule has 3 rings (SSSR count). The van der Waals surface area contributed by atoms with Gasteiger partial charge in [0, 0.05) is 56.9 Å². The second-order valence-electron chi connectivity index (χ2n) is 7.06. The van der Waals surface area contributed by atoms with Gasteiger partial charge >= 0.3 is 0 Å². The number of piperazine rings is 1. The van der Waals surface area contributed by atoms with Crippen molar-refractivity contribution in [3.8, 4) is 0 Å². The summed E-state index contributed by atoms with van der Waals surface area (Å²) in [6.07, 6.45) is 2.71. The average Bonchev–Trinajstić information content (AvgIpc) is 2.61. The van der Waals surface area contributed by atoms with Crippen molar-refractivity contribution in [1.82, 2.24) is 15.5 Å². The molecule has 2 aliphatic heterocycles. The van der Waals surface area contributed by atoms with E-state index in [1.165, 1.54) is 5.69 Å². The third-order valence-electron chi connectivity index (χ3n) is 5.14. The molecule has 0 aliphatic carbocycles. The van der Waals surface area contributed by atoms with E-state index in [0.717, 1.165) is 52.1 Å². The lowest BCUT2D eigenvalue weighted by atomic mass is 10.0. The molecule has 1 aromatic carbocycles. The Labute approximate surface area is 145 Å². The Morgan fingerprint density at radius 2 is 1.96 bits per heavy atom. The van der Waals surface area contributed by atoms with E-state index in [4.69, 9.17) is 0 Å². The highest BCUT2D eigenvalue weighted by molar-refractivity contribution is 5.76. The predicted octanol–water partition coefficient (Wildman–Crippen LogP) is 1.46. The van der Waals surface area contributed by atoms with Crippen LogP contribution in [0.4, 0.5) is 5.69 Å². The van der Waals surface area contributed by atoms with Crippen molar-refractivity contribution in [2.75, 3.05) is 44.2 Å². The lowest BCUT2D eigenvalue weighted by Gasteiger charge is -2.36. The van der Waals surface area contributed by atoms with E-state index >= 15 is 0 Å². The first-order chi connectivity index (χ1) is 11.7. The standard InChI is InChI=1S/C19H30N4O/c1-16-15-17(7-9-20-16)21-19(24)8-10-22-11-13-23(14-12-22)18-5-3-2-4-6-18/h2-6,16-17,20H,7-15H2,1H3,(H,21,24). The van der Waals surface area contributed by atoms with Crippen molar-refractivity contribution in [2.24, 2.45) is 0 Å². The molecular weight excluding hydrogens is 300 g/mol. The maximum atomic E-state index is 12.2. The van der Waals surface area contributed by atoms with Crippen molar-refractivity contribution in [2.45, 2.75) is 38.3 Å². The molecule has 2 unspecified atom stereocenters. The third-order valence-corrected chi connectivity index (χ3v) is 5.14. The number of benzene rings is 1. The third kappa shape index (κ3) is 4.95. The summed E-state index contributed by atoms with van der Waals surface area (Å²) in [4.78, 5) is 17.0. The van der Waals surface area contributed by atoms with E-state index in [-0.39, 0.29) is 5.91 Å². The molecule has 0 radical (unpaired) electrons. The molecule has 2 heterocycles. The molecule has 0 saturated carbocycles. The van der Waals surface area contributed by atoms with Gasteiger partial charge in [-0.3, -0.25) is 9.69 Å². The molecule has 2 atom stereocenters. The average molecular weight is 330 g/mol. The van der Waals surface area contributed by atoms with E-state index in [0.29, 0.717) is 18.5 Å². The van der Waals surface area contributed by atoms with E-state index in [2.05, 4.69) is 57.7 Å². The number of para-hydroxylation sites is 1. The zero-order valence-corrected chi connectivity index (χ0v) is 14.7. The van der Waals surface area contributed by atoms with Gasteiger partial charge in [-0.15, -0.1) is 0 Å². The lowest BCUT2D eigenvalue weighted by molar-refractivity contribution is -0.122. The summed E-state index contributed by atoms with van der Waals surface area (Å²) < 4.78 is 0. The lowest BCUT2D eigenvalue weighted by Crippen LogP contribution is -2.49. The first kappa shape index (κ1) is 17.2. The number of carbonyl (C=O) groups excluding carboxylic acids is 1.